The number of carboxylic acid groups (broad SMARTS) is 1. The molecular weight excluding hydrogens is 154 g/mol. The van der Waals surface area contributed by atoms with Crippen LogP contribution in [0.5, 0.6) is 0 Å². The molecule has 2 aliphatic rings. The van der Waals surface area contributed by atoms with E-state index in [9.17, 15) is 4.79 Å². The van der Waals surface area contributed by atoms with Crippen LogP contribution in [0.4, 0.5) is 0 Å². The van der Waals surface area contributed by atoms with E-state index in [0.717, 1.165) is 18.4 Å². The number of piperidine rings is 1. The molecule has 1 saturated heterocycles. The van der Waals surface area contributed by atoms with Crippen LogP contribution in [0.15, 0.2) is 0 Å². The lowest BCUT2D eigenvalue weighted by atomic mass is 10.1. The fraction of sp³-hybridized carbons (Fsp3) is 0.889. The van der Waals surface area contributed by atoms with E-state index in [1.807, 2.05) is 0 Å². The highest BCUT2D eigenvalue weighted by atomic mass is 16.4. The summed E-state index contributed by atoms with van der Waals surface area (Å²) in [6.07, 6.45) is 2.52. The van der Waals surface area contributed by atoms with Gasteiger partial charge >= 0.3 is 5.97 Å². The van der Waals surface area contributed by atoms with Gasteiger partial charge in [0.1, 0.15) is 0 Å². The van der Waals surface area contributed by atoms with Crippen LogP contribution in [0.25, 0.3) is 0 Å². The molecular formula is C9H15NO2. The van der Waals surface area contributed by atoms with Gasteiger partial charge in [-0.1, -0.05) is 0 Å². The Labute approximate surface area is 72.4 Å². The fourth-order valence-corrected chi connectivity index (χ4v) is 2.64. The second-order valence-electron chi connectivity index (χ2n) is 4.02. The standard InChI is InChI=1S/C9H15NO2/c1-10-5-4-7-6(9(7)10)2-3-8(11)12/h6-7,9H,2-5H2,1H3,(H,11,12). The lowest BCUT2D eigenvalue weighted by Crippen LogP contribution is -2.19. The van der Waals surface area contributed by atoms with Crippen LogP contribution in [0.2, 0.25) is 0 Å². The first-order valence-electron chi connectivity index (χ1n) is 4.62. The molecule has 1 aliphatic heterocycles. The van der Waals surface area contributed by atoms with Crippen LogP contribution in [-0.2, 0) is 4.79 Å². The topological polar surface area (TPSA) is 40.5 Å². The first-order chi connectivity index (χ1) is 5.70. The van der Waals surface area contributed by atoms with Crippen molar-refractivity contribution in [1.82, 2.24) is 4.90 Å². The maximum absolute atomic E-state index is 10.3. The van der Waals surface area contributed by atoms with Crippen molar-refractivity contribution in [3.05, 3.63) is 0 Å². The molecule has 1 N–H and O–H groups in total. The number of fused-ring (bicyclic) bond motifs is 1. The summed E-state index contributed by atoms with van der Waals surface area (Å²) in [6, 6.07) is 0.726. The van der Waals surface area contributed by atoms with Gasteiger partial charge in [0.15, 0.2) is 0 Å². The molecule has 1 saturated carbocycles. The monoisotopic (exact) mass is 169 g/mol. The predicted molar refractivity (Wildman–Crippen MR) is 44.9 cm³/mol. The molecule has 0 amide bonds. The van der Waals surface area contributed by atoms with Crippen molar-refractivity contribution in [3.63, 3.8) is 0 Å². The molecule has 0 aromatic heterocycles. The molecule has 0 aromatic carbocycles. The highest BCUT2D eigenvalue weighted by Crippen LogP contribution is 2.52. The lowest BCUT2D eigenvalue weighted by molar-refractivity contribution is -0.137. The second-order valence-corrected chi connectivity index (χ2v) is 4.02. The van der Waals surface area contributed by atoms with Gasteiger partial charge in [0, 0.05) is 12.5 Å². The van der Waals surface area contributed by atoms with Gasteiger partial charge in [-0.2, -0.15) is 0 Å². The highest BCUT2D eigenvalue weighted by molar-refractivity contribution is 5.66. The summed E-state index contributed by atoms with van der Waals surface area (Å²) in [5, 5.41) is 8.51. The summed E-state index contributed by atoms with van der Waals surface area (Å²) in [4.78, 5) is 12.7. The van der Waals surface area contributed by atoms with Crippen LogP contribution < -0.4 is 0 Å². The molecule has 3 atom stereocenters. The SMILES string of the molecule is CN1CCC2C(CCC(=O)O)C21. The Morgan fingerprint density at radius 3 is 2.92 bits per heavy atom. The highest BCUT2D eigenvalue weighted by Gasteiger charge is 2.55. The molecule has 0 aromatic rings. The Bertz CT molecular complexity index is 205. The average Bonchev–Trinajstić information content (AvgIpc) is 2.58. The van der Waals surface area contributed by atoms with E-state index in [4.69, 9.17) is 5.11 Å². The first kappa shape index (κ1) is 8.05. The first-order valence-corrected chi connectivity index (χ1v) is 4.62. The minimum absolute atomic E-state index is 0.353. The van der Waals surface area contributed by atoms with Gasteiger partial charge in [-0.3, -0.25) is 4.79 Å². The maximum atomic E-state index is 10.3. The zero-order chi connectivity index (χ0) is 8.72. The Hall–Kier alpha value is -0.570. The second kappa shape index (κ2) is 2.73. The third-order valence-electron chi connectivity index (χ3n) is 3.30. The van der Waals surface area contributed by atoms with Crippen LogP contribution in [-0.4, -0.2) is 35.6 Å². The van der Waals surface area contributed by atoms with Crippen LogP contribution in [0, 0.1) is 11.8 Å². The summed E-state index contributed by atoms with van der Waals surface area (Å²) in [6.45, 7) is 1.21. The van der Waals surface area contributed by atoms with E-state index in [2.05, 4.69) is 11.9 Å². The molecule has 68 valence electrons. The zero-order valence-corrected chi connectivity index (χ0v) is 7.36. The van der Waals surface area contributed by atoms with E-state index in [0.29, 0.717) is 12.3 Å². The van der Waals surface area contributed by atoms with Crippen molar-refractivity contribution in [3.8, 4) is 0 Å². The molecule has 1 heterocycles. The quantitative estimate of drug-likeness (QED) is 0.679. The Balaban J connectivity index is 1.77. The van der Waals surface area contributed by atoms with Crippen molar-refractivity contribution >= 4 is 5.97 Å². The Morgan fingerprint density at radius 2 is 2.42 bits per heavy atom. The van der Waals surface area contributed by atoms with Crippen LogP contribution in [0.3, 0.4) is 0 Å². The normalized spacial score (nSPS) is 39.6. The minimum Gasteiger partial charge on any atom is -0.481 e. The minimum atomic E-state index is -0.650. The molecule has 0 radical (unpaired) electrons. The Kier molecular flexibility index (Phi) is 1.83. The number of rotatable bonds is 3. The number of hydrogen-bond donors (Lipinski definition) is 1. The Morgan fingerprint density at radius 1 is 1.67 bits per heavy atom. The van der Waals surface area contributed by atoms with Crippen molar-refractivity contribution in [2.24, 2.45) is 11.8 Å². The van der Waals surface area contributed by atoms with Gasteiger partial charge in [0.05, 0.1) is 0 Å². The summed E-state index contributed by atoms with van der Waals surface area (Å²) >= 11 is 0. The van der Waals surface area contributed by atoms with Gasteiger partial charge in [0.2, 0.25) is 0 Å². The molecule has 12 heavy (non-hydrogen) atoms. The molecule has 2 fully saturated rings. The molecule has 3 nitrogen and oxygen atoms in total. The van der Waals surface area contributed by atoms with E-state index in [1.54, 1.807) is 0 Å². The smallest absolute Gasteiger partial charge is 0.303 e. The van der Waals surface area contributed by atoms with Crippen molar-refractivity contribution in [1.29, 1.82) is 0 Å². The zero-order valence-electron chi connectivity index (χ0n) is 7.36. The number of carbonyl (C=O) groups is 1. The largest absolute Gasteiger partial charge is 0.481 e. The number of hydrogen-bond acceptors (Lipinski definition) is 2. The predicted octanol–water partition coefficient (Wildman–Crippen LogP) is 0.801. The third-order valence-corrected chi connectivity index (χ3v) is 3.30. The molecule has 3 heteroatoms. The van der Waals surface area contributed by atoms with Crippen LogP contribution in [0.1, 0.15) is 19.3 Å². The van der Waals surface area contributed by atoms with E-state index in [-0.39, 0.29) is 0 Å². The summed E-state index contributed by atoms with van der Waals surface area (Å²) in [5.74, 6) is 0.872. The van der Waals surface area contributed by atoms with Crippen molar-refractivity contribution in [2.75, 3.05) is 13.6 Å². The van der Waals surface area contributed by atoms with Gasteiger partial charge in [-0.15, -0.1) is 0 Å². The van der Waals surface area contributed by atoms with Crippen molar-refractivity contribution < 1.29 is 9.90 Å². The molecule has 0 spiro atoms. The maximum Gasteiger partial charge on any atom is 0.303 e. The van der Waals surface area contributed by atoms with Gasteiger partial charge in [-0.05, 0) is 38.3 Å². The van der Waals surface area contributed by atoms with E-state index in [1.165, 1.54) is 13.0 Å². The van der Waals surface area contributed by atoms with Crippen LogP contribution >= 0.6 is 0 Å². The summed E-state index contributed by atoms with van der Waals surface area (Å²) < 4.78 is 0. The summed E-state index contributed by atoms with van der Waals surface area (Å²) in [7, 11) is 2.14. The third kappa shape index (κ3) is 1.22. The van der Waals surface area contributed by atoms with Gasteiger partial charge in [-0.25, -0.2) is 0 Å². The van der Waals surface area contributed by atoms with Gasteiger partial charge in [0.25, 0.3) is 0 Å². The number of aliphatic carboxylic acids is 1. The van der Waals surface area contributed by atoms with E-state index >= 15 is 0 Å². The average molecular weight is 169 g/mol. The molecule has 2 rings (SSSR count). The number of carboxylic acids is 1. The summed E-state index contributed by atoms with van der Waals surface area (Å²) in [5.41, 5.74) is 0. The molecule has 1 aliphatic carbocycles. The molecule has 3 unspecified atom stereocenters. The fourth-order valence-electron chi connectivity index (χ4n) is 2.64. The number of likely N-dealkylation sites (tertiary alicyclic amines) is 1. The molecule has 0 bridgehead atoms. The van der Waals surface area contributed by atoms with Gasteiger partial charge < -0.3 is 10.0 Å². The lowest BCUT2D eigenvalue weighted by Gasteiger charge is -2.11. The van der Waals surface area contributed by atoms with E-state index < -0.39 is 5.97 Å². The van der Waals surface area contributed by atoms with Crippen molar-refractivity contribution in [2.45, 2.75) is 25.3 Å². The number of nitrogens with zero attached hydrogens (tertiary/aromatic N) is 1.